The standard InChI is InChI=1S/C22H24ClN7O3S/c1-13-26-21(24-2)28-22(27-13)30-9-8-14-10-15(5-7-19(14)30)20(31)25-12-16-4-6-17(11-18(16)23)29-34(3,32)33/h4-7,10-11,29H,8-9,12H2,1-3H3,(H,25,31)(H,24,26,27,28). The average Bonchev–Trinajstić information content (AvgIpc) is 3.20. The Morgan fingerprint density at radius 3 is 2.65 bits per heavy atom. The van der Waals surface area contributed by atoms with Crippen LogP contribution in [0.4, 0.5) is 23.3 Å². The van der Waals surface area contributed by atoms with E-state index in [2.05, 4.69) is 30.3 Å². The van der Waals surface area contributed by atoms with Crippen molar-refractivity contribution in [2.24, 2.45) is 0 Å². The molecule has 0 spiro atoms. The van der Waals surface area contributed by atoms with Crippen LogP contribution in [-0.4, -0.2) is 49.1 Å². The number of hydrogen-bond acceptors (Lipinski definition) is 8. The first-order valence-electron chi connectivity index (χ1n) is 10.5. The highest BCUT2D eigenvalue weighted by molar-refractivity contribution is 7.92. The van der Waals surface area contributed by atoms with Crippen LogP contribution in [0, 0.1) is 6.92 Å². The van der Waals surface area contributed by atoms with Crippen molar-refractivity contribution in [2.75, 3.05) is 34.8 Å². The van der Waals surface area contributed by atoms with Gasteiger partial charge in [-0.05, 0) is 54.8 Å². The van der Waals surface area contributed by atoms with Gasteiger partial charge in [0, 0.05) is 42.1 Å². The summed E-state index contributed by atoms with van der Waals surface area (Å²) in [5, 5.41) is 6.16. The predicted molar refractivity (Wildman–Crippen MR) is 132 cm³/mol. The molecule has 1 aromatic heterocycles. The first kappa shape index (κ1) is 23.7. The molecule has 1 aliphatic rings. The maximum Gasteiger partial charge on any atom is 0.251 e. The van der Waals surface area contributed by atoms with Gasteiger partial charge in [0.05, 0.1) is 6.26 Å². The van der Waals surface area contributed by atoms with Crippen molar-refractivity contribution in [1.82, 2.24) is 20.3 Å². The van der Waals surface area contributed by atoms with Gasteiger partial charge in [-0.2, -0.15) is 15.0 Å². The Balaban J connectivity index is 1.45. The zero-order valence-corrected chi connectivity index (χ0v) is 20.5. The third-order valence-corrected chi connectivity index (χ3v) is 6.19. The Hall–Kier alpha value is -3.44. The van der Waals surface area contributed by atoms with E-state index in [0.717, 1.165) is 23.9 Å². The van der Waals surface area contributed by atoms with Crippen LogP contribution in [0.15, 0.2) is 36.4 Å². The highest BCUT2D eigenvalue weighted by Crippen LogP contribution is 2.33. The molecule has 2 heterocycles. The van der Waals surface area contributed by atoms with Gasteiger partial charge in [0.2, 0.25) is 21.9 Å². The first-order chi connectivity index (χ1) is 16.1. The molecule has 0 bridgehead atoms. The fourth-order valence-electron chi connectivity index (χ4n) is 3.70. The van der Waals surface area contributed by atoms with Crippen LogP contribution in [0.25, 0.3) is 0 Å². The number of benzene rings is 2. The second kappa shape index (κ2) is 9.43. The largest absolute Gasteiger partial charge is 0.357 e. The number of halogens is 1. The van der Waals surface area contributed by atoms with Gasteiger partial charge in [-0.1, -0.05) is 17.7 Å². The Bertz CT molecular complexity index is 1360. The van der Waals surface area contributed by atoms with Crippen LogP contribution in [0.2, 0.25) is 5.02 Å². The normalized spacial score (nSPS) is 12.9. The summed E-state index contributed by atoms with van der Waals surface area (Å²) in [5.74, 6) is 1.46. The van der Waals surface area contributed by atoms with Crippen LogP contribution < -0.4 is 20.3 Å². The van der Waals surface area contributed by atoms with Crippen molar-refractivity contribution in [2.45, 2.75) is 19.9 Å². The predicted octanol–water partition coefficient (Wildman–Crippen LogP) is 2.87. The van der Waals surface area contributed by atoms with Gasteiger partial charge < -0.3 is 15.5 Å². The Morgan fingerprint density at radius 2 is 1.94 bits per heavy atom. The summed E-state index contributed by atoms with van der Waals surface area (Å²) in [7, 11) is -1.64. The number of carbonyl (C=O) groups excluding carboxylic acids is 1. The third-order valence-electron chi connectivity index (χ3n) is 5.23. The van der Waals surface area contributed by atoms with Gasteiger partial charge in [0.1, 0.15) is 5.82 Å². The number of hydrogen-bond donors (Lipinski definition) is 3. The number of aryl methyl sites for hydroxylation is 1. The van der Waals surface area contributed by atoms with E-state index in [1.54, 1.807) is 25.2 Å². The van der Waals surface area contributed by atoms with E-state index >= 15 is 0 Å². The molecule has 0 saturated heterocycles. The van der Waals surface area contributed by atoms with E-state index in [4.69, 9.17) is 11.6 Å². The molecule has 178 valence electrons. The lowest BCUT2D eigenvalue weighted by Gasteiger charge is -2.18. The second-order valence-corrected chi connectivity index (χ2v) is 10.0. The number of aromatic nitrogens is 3. The number of rotatable bonds is 7. The molecule has 34 heavy (non-hydrogen) atoms. The minimum atomic E-state index is -3.40. The molecule has 0 unspecified atom stereocenters. The van der Waals surface area contributed by atoms with Gasteiger partial charge in [-0.3, -0.25) is 9.52 Å². The summed E-state index contributed by atoms with van der Waals surface area (Å²) in [6.45, 7) is 2.73. The van der Waals surface area contributed by atoms with Gasteiger partial charge in [0.15, 0.2) is 0 Å². The number of nitrogens with zero attached hydrogens (tertiary/aromatic N) is 4. The number of sulfonamides is 1. The van der Waals surface area contributed by atoms with E-state index in [0.29, 0.717) is 46.1 Å². The van der Waals surface area contributed by atoms with Gasteiger partial charge in [-0.15, -0.1) is 0 Å². The topological polar surface area (TPSA) is 129 Å². The zero-order chi connectivity index (χ0) is 24.5. The Morgan fingerprint density at radius 1 is 1.15 bits per heavy atom. The number of amides is 1. The minimum Gasteiger partial charge on any atom is -0.357 e. The SMILES string of the molecule is CNc1nc(C)nc(N2CCc3cc(C(=O)NCc4ccc(NS(C)(=O)=O)cc4Cl)ccc32)n1. The van der Waals surface area contributed by atoms with Gasteiger partial charge in [-0.25, -0.2) is 8.42 Å². The van der Waals surface area contributed by atoms with Crippen molar-refractivity contribution in [3.63, 3.8) is 0 Å². The molecule has 3 aromatic rings. The number of fused-ring (bicyclic) bond motifs is 1. The van der Waals surface area contributed by atoms with E-state index < -0.39 is 10.0 Å². The molecular formula is C22H24ClN7O3S. The summed E-state index contributed by atoms with van der Waals surface area (Å²) in [4.78, 5) is 27.9. The van der Waals surface area contributed by atoms with Crippen LogP contribution in [-0.2, 0) is 23.0 Å². The lowest BCUT2D eigenvalue weighted by Crippen LogP contribution is -2.23. The molecule has 2 aromatic carbocycles. The molecule has 0 fully saturated rings. The summed E-state index contributed by atoms with van der Waals surface area (Å²) < 4.78 is 25.1. The zero-order valence-electron chi connectivity index (χ0n) is 18.9. The van der Waals surface area contributed by atoms with Crippen LogP contribution >= 0.6 is 11.6 Å². The molecule has 12 heteroatoms. The fraction of sp³-hybridized carbons (Fsp3) is 0.273. The van der Waals surface area contributed by atoms with Crippen LogP contribution in [0.1, 0.15) is 27.3 Å². The summed E-state index contributed by atoms with van der Waals surface area (Å²) in [6.07, 6.45) is 1.83. The van der Waals surface area contributed by atoms with E-state index in [9.17, 15) is 13.2 Å². The summed E-state index contributed by atoms with van der Waals surface area (Å²) in [5.41, 5.74) is 3.56. The first-order valence-corrected chi connectivity index (χ1v) is 12.7. The second-order valence-electron chi connectivity index (χ2n) is 7.86. The highest BCUT2D eigenvalue weighted by atomic mass is 35.5. The van der Waals surface area contributed by atoms with Gasteiger partial charge in [0.25, 0.3) is 5.91 Å². The minimum absolute atomic E-state index is 0.205. The Labute approximate surface area is 202 Å². The summed E-state index contributed by atoms with van der Waals surface area (Å²) >= 11 is 6.26. The fourth-order valence-corrected chi connectivity index (χ4v) is 4.50. The van der Waals surface area contributed by atoms with Crippen LogP contribution in [0.3, 0.4) is 0 Å². The van der Waals surface area contributed by atoms with Crippen molar-refractivity contribution in [3.05, 3.63) is 63.9 Å². The smallest absolute Gasteiger partial charge is 0.251 e. The number of nitrogens with one attached hydrogen (secondary N) is 3. The molecular weight excluding hydrogens is 478 g/mol. The maximum atomic E-state index is 12.8. The molecule has 4 rings (SSSR count). The molecule has 0 radical (unpaired) electrons. The molecule has 10 nitrogen and oxygen atoms in total. The molecule has 0 atom stereocenters. The molecule has 1 amide bonds. The number of anilines is 4. The van der Waals surface area contributed by atoms with Gasteiger partial charge >= 0.3 is 0 Å². The Kier molecular flexibility index (Phi) is 6.58. The summed E-state index contributed by atoms with van der Waals surface area (Å²) in [6, 6.07) is 10.3. The quantitative estimate of drug-likeness (QED) is 0.450. The number of carbonyl (C=O) groups is 1. The lowest BCUT2D eigenvalue weighted by molar-refractivity contribution is 0.0951. The maximum absolute atomic E-state index is 12.8. The highest BCUT2D eigenvalue weighted by Gasteiger charge is 2.24. The average molecular weight is 502 g/mol. The third kappa shape index (κ3) is 5.37. The lowest BCUT2D eigenvalue weighted by atomic mass is 10.1. The molecule has 3 N–H and O–H groups in total. The van der Waals surface area contributed by atoms with Crippen molar-refractivity contribution in [3.8, 4) is 0 Å². The van der Waals surface area contributed by atoms with Crippen molar-refractivity contribution < 1.29 is 13.2 Å². The molecule has 1 aliphatic heterocycles. The van der Waals surface area contributed by atoms with E-state index in [1.165, 1.54) is 6.07 Å². The van der Waals surface area contributed by atoms with E-state index in [1.807, 2.05) is 24.0 Å². The molecule has 0 aliphatic carbocycles. The monoisotopic (exact) mass is 501 g/mol. The van der Waals surface area contributed by atoms with Crippen molar-refractivity contribution >= 4 is 50.8 Å². The molecule has 0 saturated carbocycles. The van der Waals surface area contributed by atoms with Crippen molar-refractivity contribution in [1.29, 1.82) is 0 Å². The van der Waals surface area contributed by atoms with Crippen LogP contribution in [0.5, 0.6) is 0 Å². The van der Waals surface area contributed by atoms with E-state index in [-0.39, 0.29) is 12.5 Å².